The van der Waals surface area contributed by atoms with E-state index in [1.54, 1.807) is 0 Å². The SMILES string of the molecule is CC1CCCC1OC(=O)[C@@H](N)C1CCCCC1. The Morgan fingerprint density at radius 3 is 2.41 bits per heavy atom. The van der Waals surface area contributed by atoms with Gasteiger partial charge < -0.3 is 10.5 Å². The number of hydrogen-bond acceptors (Lipinski definition) is 3. The van der Waals surface area contributed by atoms with Crippen LogP contribution >= 0.6 is 0 Å². The molecule has 3 heteroatoms. The van der Waals surface area contributed by atoms with Crippen molar-refractivity contribution in [1.82, 2.24) is 0 Å². The van der Waals surface area contributed by atoms with E-state index < -0.39 is 0 Å². The van der Waals surface area contributed by atoms with Crippen LogP contribution < -0.4 is 5.73 Å². The lowest BCUT2D eigenvalue weighted by Gasteiger charge is -2.27. The second-order valence-electron chi connectivity index (χ2n) is 5.81. The predicted octanol–water partition coefficient (Wildman–Crippen LogP) is 2.63. The van der Waals surface area contributed by atoms with Crippen LogP contribution in [-0.4, -0.2) is 18.1 Å². The van der Waals surface area contributed by atoms with Gasteiger partial charge in [0.05, 0.1) is 0 Å². The van der Waals surface area contributed by atoms with Crippen molar-refractivity contribution in [3.05, 3.63) is 0 Å². The fourth-order valence-corrected chi connectivity index (χ4v) is 3.20. The van der Waals surface area contributed by atoms with Gasteiger partial charge in [0, 0.05) is 0 Å². The van der Waals surface area contributed by atoms with E-state index in [-0.39, 0.29) is 18.1 Å². The summed E-state index contributed by atoms with van der Waals surface area (Å²) in [5.41, 5.74) is 6.04. The van der Waals surface area contributed by atoms with Gasteiger partial charge >= 0.3 is 5.97 Å². The highest BCUT2D eigenvalue weighted by atomic mass is 16.5. The van der Waals surface area contributed by atoms with Gasteiger partial charge in [-0.2, -0.15) is 0 Å². The molecule has 3 nitrogen and oxygen atoms in total. The van der Waals surface area contributed by atoms with E-state index >= 15 is 0 Å². The zero-order valence-electron chi connectivity index (χ0n) is 10.9. The molecule has 0 radical (unpaired) electrons. The van der Waals surface area contributed by atoms with Gasteiger partial charge in [0.1, 0.15) is 12.1 Å². The molecule has 2 aliphatic carbocycles. The molecular formula is C14H25NO2. The Bertz CT molecular complexity index is 261. The third kappa shape index (κ3) is 3.21. The van der Waals surface area contributed by atoms with Crippen molar-refractivity contribution in [3.63, 3.8) is 0 Å². The summed E-state index contributed by atoms with van der Waals surface area (Å²) < 4.78 is 5.57. The van der Waals surface area contributed by atoms with Gasteiger partial charge in [-0.1, -0.05) is 26.2 Å². The van der Waals surface area contributed by atoms with Crippen LogP contribution in [0, 0.1) is 11.8 Å². The average molecular weight is 239 g/mol. The largest absolute Gasteiger partial charge is 0.461 e. The fraction of sp³-hybridized carbons (Fsp3) is 0.929. The molecule has 98 valence electrons. The molecule has 0 amide bonds. The summed E-state index contributed by atoms with van der Waals surface area (Å²) in [5, 5.41) is 0. The summed E-state index contributed by atoms with van der Waals surface area (Å²) in [5.74, 6) is 0.709. The van der Waals surface area contributed by atoms with Crippen LogP contribution in [-0.2, 0) is 9.53 Å². The Balaban J connectivity index is 1.81. The van der Waals surface area contributed by atoms with Crippen LogP contribution in [0.15, 0.2) is 0 Å². The van der Waals surface area contributed by atoms with Crippen molar-refractivity contribution in [2.75, 3.05) is 0 Å². The summed E-state index contributed by atoms with van der Waals surface area (Å²) in [7, 11) is 0. The molecule has 2 aliphatic rings. The molecule has 0 saturated heterocycles. The average Bonchev–Trinajstić information content (AvgIpc) is 2.75. The summed E-state index contributed by atoms with van der Waals surface area (Å²) >= 11 is 0. The number of carbonyl (C=O) groups is 1. The van der Waals surface area contributed by atoms with Crippen molar-refractivity contribution < 1.29 is 9.53 Å². The Labute approximate surface area is 104 Å². The van der Waals surface area contributed by atoms with Crippen molar-refractivity contribution >= 4 is 5.97 Å². The van der Waals surface area contributed by atoms with Crippen LogP contribution in [0.4, 0.5) is 0 Å². The number of ether oxygens (including phenoxy) is 1. The highest BCUT2D eigenvalue weighted by molar-refractivity contribution is 5.76. The lowest BCUT2D eigenvalue weighted by Crippen LogP contribution is -2.42. The summed E-state index contributed by atoms with van der Waals surface area (Å²) in [6.07, 6.45) is 9.40. The second kappa shape index (κ2) is 5.85. The molecule has 3 atom stereocenters. The van der Waals surface area contributed by atoms with Gasteiger partial charge in [0.2, 0.25) is 0 Å². The molecule has 0 aromatic rings. The van der Waals surface area contributed by atoms with Crippen molar-refractivity contribution in [2.45, 2.75) is 70.4 Å². The molecule has 2 saturated carbocycles. The Kier molecular flexibility index (Phi) is 4.43. The van der Waals surface area contributed by atoms with Crippen LogP contribution in [0.5, 0.6) is 0 Å². The van der Waals surface area contributed by atoms with Crippen LogP contribution in [0.3, 0.4) is 0 Å². The smallest absolute Gasteiger partial charge is 0.323 e. The van der Waals surface area contributed by atoms with E-state index in [0.717, 1.165) is 19.3 Å². The number of nitrogens with two attached hydrogens (primary N) is 1. The molecular weight excluding hydrogens is 214 g/mol. The van der Waals surface area contributed by atoms with Gasteiger partial charge in [0.25, 0.3) is 0 Å². The van der Waals surface area contributed by atoms with Crippen LogP contribution in [0.2, 0.25) is 0 Å². The molecule has 2 unspecified atom stereocenters. The fourth-order valence-electron chi connectivity index (χ4n) is 3.20. The minimum atomic E-state index is -0.386. The minimum absolute atomic E-state index is 0.122. The number of hydrogen-bond donors (Lipinski definition) is 1. The van der Waals surface area contributed by atoms with Gasteiger partial charge in [-0.25, -0.2) is 0 Å². The first-order chi connectivity index (χ1) is 8.18. The van der Waals surface area contributed by atoms with Gasteiger partial charge in [-0.05, 0) is 43.9 Å². The van der Waals surface area contributed by atoms with E-state index in [1.165, 1.54) is 32.1 Å². The summed E-state index contributed by atoms with van der Waals surface area (Å²) in [4.78, 5) is 12.0. The normalized spacial score (nSPS) is 32.4. The van der Waals surface area contributed by atoms with E-state index in [2.05, 4.69) is 6.92 Å². The highest BCUT2D eigenvalue weighted by Crippen LogP contribution is 2.30. The maximum Gasteiger partial charge on any atom is 0.323 e. The number of esters is 1. The summed E-state index contributed by atoms with van der Waals surface area (Å²) in [6, 6.07) is -0.386. The van der Waals surface area contributed by atoms with E-state index in [1.807, 2.05) is 0 Å². The first-order valence-corrected chi connectivity index (χ1v) is 7.14. The number of carbonyl (C=O) groups excluding carboxylic acids is 1. The lowest BCUT2D eigenvalue weighted by molar-refractivity contribution is -0.153. The third-order valence-corrected chi connectivity index (χ3v) is 4.48. The second-order valence-corrected chi connectivity index (χ2v) is 5.81. The Morgan fingerprint density at radius 2 is 1.82 bits per heavy atom. The van der Waals surface area contributed by atoms with E-state index in [9.17, 15) is 4.79 Å². The number of rotatable bonds is 3. The third-order valence-electron chi connectivity index (χ3n) is 4.48. The highest BCUT2D eigenvalue weighted by Gasteiger charge is 2.32. The van der Waals surface area contributed by atoms with Gasteiger partial charge in [0.15, 0.2) is 0 Å². The first-order valence-electron chi connectivity index (χ1n) is 7.14. The first kappa shape index (κ1) is 12.9. The standard InChI is InChI=1S/C14H25NO2/c1-10-6-5-9-12(10)17-14(16)13(15)11-7-3-2-4-8-11/h10-13H,2-9,15H2,1H3/t10?,12?,13-/m0/s1. The van der Waals surface area contributed by atoms with E-state index in [0.29, 0.717) is 11.8 Å². The lowest BCUT2D eigenvalue weighted by atomic mass is 9.84. The van der Waals surface area contributed by atoms with E-state index in [4.69, 9.17) is 10.5 Å². The molecule has 0 aliphatic heterocycles. The maximum absolute atomic E-state index is 12.0. The summed E-state index contributed by atoms with van der Waals surface area (Å²) in [6.45, 7) is 2.16. The quantitative estimate of drug-likeness (QED) is 0.770. The van der Waals surface area contributed by atoms with Gasteiger partial charge in [-0.15, -0.1) is 0 Å². The maximum atomic E-state index is 12.0. The van der Waals surface area contributed by atoms with Crippen molar-refractivity contribution in [3.8, 4) is 0 Å². The van der Waals surface area contributed by atoms with Crippen LogP contribution in [0.25, 0.3) is 0 Å². The monoisotopic (exact) mass is 239 g/mol. The topological polar surface area (TPSA) is 52.3 Å². The molecule has 17 heavy (non-hydrogen) atoms. The molecule has 2 N–H and O–H groups in total. The zero-order chi connectivity index (χ0) is 12.3. The predicted molar refractivity (Wildman–Crippen MR) is 67.4 cm³/mol. The van der Waals surface area contributed by atoms with Gasteiger partial charge in [-0.3, -0.25) is 4.79 Å². The molecule has 0 heterocycles. The Hall–Kier alpha value is -0.570. The van der Waals surface area contributed by atoms with Crippen LogP contribution in [0.1, 0.15) is 58.3 Å². The molecule has 0 aromatic carbocycles. The van der Waals surface area contributed by atoms with Crippen molar-refractivity contribution in [2.24, 2.45) is 17.6 Å². The minimum Gasteiger partial charge on any atom is -0.461 e. The zero-order valence-corrected chi connectivity index (χ0v) is 10.9. The molecule has 2 fully saturated rings. The molecule has 2 rings (SSSR count). The molecule has 0 spiro atoms. The molecule has 0 bridgehead atoms. The molecule has 0 aromatic heterocycles. The Morgan fingerprint density at radius 1 is 1.12 bits per heavy atom. The van der Waals surface area contributed by atoms with Crippen molar-refractivity contribution in [1.29, 1.82) is 0 Å².